The van der Waals surface area contributed by atoms with Crippen LogP contribution in [-0.4, -0.2) is 25.1 Å². The van der Waals surface area contributed by atoms with E-state index in [0.29, 0.717) is 44.2 Å². The number of nitrogens with one attached hydrogen (secondary N) is 1. The molecule has 0 radical (unpaired) electrons. The Bertz CT molecular complexity index is 1570. The Morgan fingerprint density at radius 1 is 1.03 bits per heavy atom. The molecule has 3 heterocycles. The average Bonchev–Trinajstić information content (AvgIpc) is 3.15. The third kappa shape index (κ3) is 3.56. The van der Waals surface area contributed by atoms with Crippen molar-refractivity contribution < 1.29 is 4.79 Å². The van der Waals surface area contributed by atoms with Crippen LogP contribution in [0.25, 0.3) is 22.1 Å². The zero-order valence-corrected chi connectivity index (χ0v) is 18.7. The third-order valence-corrected chi connectivity index (χ3v) is 5.88. The summed E-state index contributed by atoms with van der Waals surface area (Å²) in [6.45, 7) is 3.60. The molecule has 33 heavy (non-hydrogen) atoms. The number of fused-ring (bicyclic) bond motifs is 2. The van der Waals surface area contributed by atoms with E-state index in [1.165, 1.54) is 4.57 Å². The molecule has 5 rings (SSSR count). The number of para-hydroxylation sites is 1. The number of pyridine rings is 1. The second-order valence-electron chi connectivity index (χ2n) is 7.77. The smallest absolute Gasteiger partial charge is 0.267 e. The van der Waals surface area contributed by atoms with E-state index in [1.54, 1.807) is 42.8 Å². The molecule has 1 N–H and O–H groups in total. The van der Waals surface area contributed by atoms with Gasteiger partial charge in [0.05, 0.1) is 44.4 Å². The molecule has 0 aliphatic heterocycles. The van der Waals surface area contributed by atoms with Crippen LogP contribution in [0.2, 0.25) is 5.02 Å². The van der Waals surface area contributed by atoms with Crippen LogP contribution in [0.3, 0.4) is 0 Å². The Labute approximate surface area is 194 Å². The van der Waals surface area contributed by atoms with Crippen LogP contribution in [0.1, 0.15) is 34.8 Å². The molecule has 164 valence electrons. The van der Waals surface area contributed by atoms with Crippen molar-refractivity contribution in [2.24, 2.45) is 0 Å². The average molecular weight is 458 g/mol. The van der Waals surface area contributed by atoms with Gasteiger partial charge >= 0.3 is 0 Å². The summed E-state index contributed by atoms with van der Waals surface area (Å²) >= 11 is 6.35. The van der Waals surface area contributed by atoms with Crippen LogP contribution in [-0.2, 0) is 0 Å². The molecule has 5 aromatic rings. The van der Waals surface area contributed by atoms with Crippen LogP contribution < -0.4 is 10.9 Å². The first-order chi connectivity index (χ1) is 16.0. The van der Waals surface area contributed by atoms with Gasteiger partial charge < -0.3 is 5.32 Å². The Hall–Kier alpha value is -3.97. The second kappa shape index (κ2) is 8.18. The second-order valence-corrected chi connectivity index (χ2v) is 8.17. The van der Waals surface area contributed by atoms with Crippen molar-refractivity contribution >= 4 is 33.9 Å². The summed E-state index contributed by atoms with van der Waals surface area (Å²) in [7, 11) is 0. The topological polar surface area (TPSA) is 81.3 Å². The van der Waals surface area contributed by atoms with Crippen molar-refractivity contribution in [1.82, 2.24) is 24.5 Å². The zero-order chi connectivity index (χ0) is 23.1. The summed E-state index contributed by atoms with van der Waals surface area (Å²) in [4.78, 5) is 31.5. The van der Waals surface area contributed by atoms with Gasteiger partial charge in [-0.1, -0.05) is 41.9 Å². The summed E-state index contributed by atoms with van der Waals surface area (Å²) < 4.78 is 3.17. The Morgan fingerprint density at radius 2 is 1.79 bits per heavy atom. The van der Waals surface area contributed by atoms with Gasteiger partial charge in [0.25, 0.3) is 11.5 Å². The summed E-state index contributed by atoms with van der Waals surface area (Å²) in [5.41, 5.74) is 2.63. The number of hydrogen-bond donors (Lipinski definition) is 1. The molecule has 1 atom stereocenters. The van der Waals surface area contributed by atoms with E-state index < -0.39 is 6.04 Å². The van der Waals surface area contributed by atoms with E-state index in [4.69, 9.17) is 16.6 Å². The normalized spacial score (nSPS) is 12.2. The predicted molar refractivity (Wildman–Crippen MR) is 128 cm³/mol. The van der Waals surface area contributed by atoms with Gasteiger partial charge in [-0.25, -0.2) is 9.50 Å². The van der Waals surface area contributed by atoms with Crippen LogP contribution in [0.5, 0.6) is 0 Å². The van der Waals surface area contributed by atoms with Gasteiger partial charge in [0.1, 0.15) is 5.82 Å². The standard InChI is InChI=1S/C25H20ClN5O2/c1-15-21(20-13-6-7-14-30(20)29-15)24(32)27-16(2)23-28-19-12-8-11-18(26)22(19)25(33)31(23)17-9-4-3-5-10-17/h3-14,16H,1-2H3,(H,27,32)/t16-/m0/s1. The minimum atomic E-state index is -0.577. The van der Waals surface area contributed by atoms with E-state index >= 15 is 0 Å². The van der Waals surface area contributed by atoms with Gasteiger partial charge in [-0.05, 0) is 50.2 Å². The Morgan fingerprint density at radius 3 is 2.58 bits per heavy atom. The number of halogens is 1. The highest BCUT2D eigenvalue weighted by Gasteiger charge is 2.23. The van der Waals surface area contributed by atoms with Crippen molar-refractivity contribution in [2.75, 3.05) is 0 Å². The minimum Gasteiger partial charge on any atom is -0.342 e. The van der Waals surface area contributed by atoms with E-state index in [0.717, 1.165) is 0 Å². The molecule has 0 aliphatic rings. The molecule has 1 amide bonds. The molecule has 3 aromatic heterocycles. The van der Waals surface area contributed by atoms with E-state index in [2.05, 4.69) is 10.4 Å². The SMILES string of the molecule is Cc1nn2ccccc2c1C(=O)N[C@@H](C)c1nc2cccc(Cl)c2c(=O)n1-c1ccccc1. The quantitative estimate of drug-likeness (QED) is 0.431. The van der Waals surface area contributed by atoms with Gasteiger partial charge in [0.15, 0.2) is 0 Å². The fraction of sp³-hybridized carbons (Fsp3) is 0.120. The molecule has 2 aromatic carbocycles. The molecule has 0 saturated carbocycles. The number of benzene rings is 2. The first-order valence-corrected chi connectivity index (χ1v) is 10.8. The number of hydrogen-bond acceptors (Lipinski definition) is 4. The fourth-order valence-corrected chi connectivity index (χ4v) is 4.30. The summed E-state index contributed by atoms with van der Waals surface area (Å²) in [5, 5.41) is 8.09. The van der Waals surface area contributed by atoms with Gasteiger partial charge in [-0.2, -0.15) is 5.10 Å². The van der Waals surface area contributed by atoms with Gasteiger partial charge in [0.2, 0.25) is 0 Å². The number of rotatable bonds is 4. The molecule has 0 saturated heterocycles. The van der Waals surface area contributed by atoms with E-state index in [9.17, 15) is 9.59 Å². The van der Waals surface area contributed by atoms with E-state index in [-0.39, 0.29) is 11.5 Å². The summed E-state index contributed by atoms with van der Waals surface area (Å²) in [5.74, 6) is 0.115. The van der Waals surface area contributed by atoms with E-state index in [1.807, 2.05) is 48.5 Å². The minimum absolute atomic E-state index is 0.291. The largest absolute Gasteiger partial charge is 0.342 e. The Balaban J connectivity index is 1.64. The highest BCUT2D eigenvalue weighted by Crippen LogP contribution is 2.23. The molecule has 0 aliphatic carbocycles. The highest BCUT2D eigenvalue weighted by molar-refractivity contribution is 6.35. The molecule has 0 unspecified atom stereocenters. The lowest BCUT2D eigenvalue weighted by atomic mass is 10.1. The maximum absolute atomic E-state index is 13.5. The van der Waals surface area contributed by atoms with Crippen LogP contribution in [0.4, 0.5) is 0 Å². The lowest BCUT2D eigenvalue weighted by molar-refractivity contribution is 0.0939. The van der Waals surface area contributed by atoms with Crippen molar-refractivity contribution in [3.63, 3.8) is 0 Å². The van der Waals surface area contributed by atoms with Crippen LogP contribution in [0.15, 0.2) is 77.7 Å². The lowest BCUT2D eigenvalue weighted by Crippen LogP contribution is -2.33. The van der Waals surface area contributed by atoms with Crippen molar-refractivity contribution in [2.45, 2.75) is 19.9 Å². The van der Waals surface area contributed by atoms with Crippen LogP contribution in [0, 0.1) is 6.92 Å². The van der Waals surface area contributed by atoms with Crippen molar-refractivity contribution in [1.29, 1.82) is 0 Å². The maximum Gasteiger partial charge on any atom is 0.267 e. The first kappa shape index (κ1) is 20.9. The number of aryl methyl sites for hydroxylation is 1. The van der Waals surface area contributed by atoms with Crippen molar-refractivity contribution in [3.05, 3.63) is 105 Å². The highest BCUT2D eigenvalue weighted by atomic mass is 35.5. The molecular weight excluding hydrogens is 438 g/mol. The summed E-state index contributed by atoms with van der Waals surface area (Å²) in [6.07, 6.45) is 1.80. The molecule has 7 nitrogen and oxygen atoms in total. The van der Waals surface area contributed by atoms with Crippen molar-refractivity contribution in [3.8, 4) is 5.69 Å². The van der Waals surface area contributed by atoms with Gasteiger partial charge in [-0.15, -0.1) is 0 Å². The number of nitrogens with zero attached hydrogens (tertiary/aromatic N) is 4. The third-order valence-electron chi connectivity index (χ3n) is 5.56. The Kier molecular flexibility index (Phi) is 5.18. The van der Waals surface area contributed by atoms with Gasteiger partial charge in [0, 0.05) is 6.20 Å². The molecule has 0 spiro atoms. The van der Waals surface area contributed by atoms with Crippen LogP contribution >= 0.6 is 11.6 Å². The number of carbonyl (C=O) groups excluding carboxylic acids is 1. The fourth-order valence-electron chi connectivity index (χ4n) is 4.05. The maximum atomic E-state index is 13.5. The molecular formula is C25H20ClN5O2. The number of aromatic nitrogens is 4. The molecule has 0 fully saturated rings. The predicted octanol–water partition coefficient (Wildman–Crippen LogP) is 4.49. The monoisotopic (exact) mass is 457 g/mol. The summed E-state index contributed by atoms with van der Waals surface area (Å²) in [6, 6.07) is 19.3. The number of amides is 1. The first-order valence-electron chi connectivity index (χ1n) is 10.5. The number of carbonyl (C=O) groups is 1. The van der Waals surface area contributed by atoms with Gasteiger partial charge in [-0.3, -0.25) is 14.2 Å². The lowest BCUT2D eigenvalue weighted by Gasteiger charge is -2.20. The zero-order valence-electron chi connectivity index (χ0n) is 18.0. The molecule has 0 bridgehead atoms. The molecule has 8 heteroatoms.